The van der Waals surface area contributed by atoms with Crippen molar-refractivity contribution in [3.05, 3.63) is 47.0 Å². The summed E-state index contributed by atoms with van der Waals surface area (Å²) in [7, 11) is 0. The average molecular weight is 306 g/mol. The molecule has 0 amide bonds. The number of hydrogen-bond donors (Lipinski definition) is 2. The van der Waals surface area contributed by atoms with E-state index in [1.807, 2.05) is 0 Å². The first-order chi connectivity index (χ1) is 9.27. The van der Waals surface area contributed by atoms with Gasteiger partial charge in [0.2, 0.25) is 0 Å². The Morgan fingerprint density at radius 3 is 2.50 bits per heavy atom. The number of pyridine rings is 1. The van der Waals surface area contributed by atoms with Gasteiger partial charge in [-0.15, -0.1) is 0 Å². The van der Waals surface area contributed by atoms with Gasteiger partial charge in [0.05, 0.1) is 28.3 Å². The van der Waals surface area contributed by atoms with Crippen LogP contribution in [0.2, 0.25) is 5.02 Å². The fraction of sp³-hybridized carbons (Fsp3) is 0.0833. The molecule has 0 saturated carbocycles. The van der Waals surface area contributed by atoms with Crippen LogP contribution in [0.4, 0.5) is 34.6 Å². The summed E-state index contributed by atoms with van der Waals surface area (Å²) in [6, 6.07) is 4.19. The summed E-state index contributed by atoms with van der Waals surface area (Å²) in [6.07, 6.45) is -3.73. The number of rotatable bonds is 2. The summed E-state index contributed by atoms with van der Waals surface area (Å²) in [5.41, 5.74) is 4.47. The summed E-state index contributed by atoms with van der Waals surface area (Å²) in [4.78, 5) is 3.19. The number of halogens is 5. The highest BCUT2D eigenvalue weighted by Crippen LogP contribution is 2.33. The van der Waals surface area contributed by atoms with Gasteiger partial charge in [-0.3, -0.25) is 0 Å². The van der Waals surface area contributed by atoms with Crippen LogP contribution >= 0.6 is 11.6 Å². The lowest BCUT2D eigenvalue weighted by Crippen LogP contribution is -2.09. The predicted molar refractivity (Wildman–Crippen MR) is 68.3 cm³/mol. The van der Waals surface area contributed by atoms with Crippen LogP contribution in [0, 0.1) is 5.82 Å². The molecule has 3 N–H and O–H groups in total. The number of hydrogen-bond acceptors (Lipinski definition) is 3. The molecule has 0 unspecified atom stereocenters. The largest absolute Gasteiger partial charge is 0.433 e. The van der Waals surface area contributed by atoms with Gasteiger partial charge >= 0.3 is 6.18 Å². The summed E-state index contributed by atoms with van der Waals surface area (Å²) in [6.45, 7) is 0. The zero-order valence-electron chi connectivity index (χ0n) is 9.80. The van der Waals surface area contributed by atoms with Crippen LogP contribution in [-0.2, 0) is 6.18 Å². The monoisotopic (exact) mass is 305 g/mol. The van der Waals surface area contributed by atoms with Crippen molar-refractivity contribution in [1.29, 1.82) is 0 Å². The van der Waals surface area contributed by atoms with Gasteiger partial charge in [-0.25, -0.2) is 9.37 Å². The third kappa shape index (κ3) is 3.11. The van der Waals surface area contributed by atoms with Crippen molar-refractivity contribution in [2.45, 2.75) is 6.18 Å². The first kappa shape index (κ1) is 14.4. The van der Waals surface area contributed by atoms with Crippen LogP contribution in [0.5, 0.6) is 0 Å². The first-order valence-electron chi connectivity index (χ1n) is 5.32. The number of aromatic nitrogens is 1. The Morgan fingerprint density at radius 1 is 1.15 bits per heavy atom. The Labute approximate surface area is 116 Å². The van der Waals surface area contributed by atoms with Gasteiger partial charge in [-0.2, -0.15) is 13.2 Å². The van der Waals surface area contributed by atoms with Crippen LogP contribution in [0.15, 0.2) is 30.5 Å². The van der Waals surface area contributed by atoms with Crippen LogP contribution in [0.3, 0.4) is 0 Å². The summed E-state index contributed by atoms with van der Waals surface area (Å²) < 4.78 is 50.8. The quantitative estimate of drug-likeness (QED) is 0.817. The Balaban J connectivity index is 2.40. The van der Waals surface area contributed by atoms with E-state index in [1.54, 1.807) is 0 Å². The number of benzene rings is 1. The van der Waals surface area contributed by atoms with Crippen molar-refractivity contribution in [3.63, 3.8) is 0 Å². The van der Waals surface area contributed by atoms with E-state index >= 15 is 0 Å². The number of nitrogens with one attached hydrogen (secondary N) is 1. The molecule has 0 radical (unpaired) electrons. The zero-order valence-corrected chi connectivity index (χ0v) is 10.6. The van der Waals surface area contributed by atoms with Gasteiger partial charge < -0.3 is 11.1 Å². The van der Waals surface area contributed by atoms with Crippen molar-refractivity contribution in [1.82, 2.24) is 4.98 Å². The zero-order chi connectivity index (χ0) is 14.9. The molecule has 0 saturated heterocycles. The van der Waals surface area contributed by atoms with E-state index < -0.39 is 17.7 Å². The van der Waals surface area contributed by atoms with Gasteiger partial charge in [0.25, 0.3) is 0 Å². The Kier molecular flexibility index (Phi) is 3.71. The van der Waals surface area contributed by atoms with E-state index in [1.165, 1.54) is 6.07 Å². The molecule has 0 bridgehead atoms. The van der Waals surface area contributed by atoms with Crippen LogP contribution < -0.4 is 11.1 Å². The first-order valence-corrected chi connectivity index (χ1v) is 5.70. The average Bonchev–Trinajstić information content (AvgIpc) is 2.35. The molecule has 0 spiro atoms. The molecule has 2 aromatic rings. The number of nitrogens with two attached hydrogens (primary N) is 1. The molecule has 0 atom stereocenters. The molecular formula is C12H8ClF4N3. The summed E-state index contributed by atoms with van der Waals surface area (Å²) in [5.74, 6) is -0.583. The minimum Gasteiger partial charge on any atom is -0.396 e. The molecular weight excluding hydrogens is 298 g/mol. The van der Waals surface area contributed by atoms with Crippen molar-refractivity contribution in [3.8, 4) is 0 Å². The Hall–Kier alpha value is -2.02. The number of alkyl halides is 3. The second kappa shape index (κ2) is 5.16. The van der Waals surface area contributed by atoms with Crippen molar-refractivity contribution < 1.29 is 17.6 Å². The Bertz CT molecular complexity index is 643. The fourth-order valence-corrected chi connectivity index (χ4v) is 1.63. The normalized spacial score (nSPS) is 11.4. The van der Waals surface area contributed by atoms with Gasteiger partial charge in [0.15, 0.2) is 0 Å². The lowest BCUT2D eigenvalue weighted by Gasteiger charge is -2.13. The second-order valence-electron chi connectivity index (χ2n) is 3.90. The minimum absolute atomic E-state index is 0.0154. The molecule has 0 fully saturated rings. The van der Waals surface area contributed by atoms with E-state index in [9.17, 15) is 17.6 Å². The van der Waals surface area contributed by atoms with E-state index in [-0.39, 0.29) is 22.1 Å². The van der Waals surface area contributed by atoms with E-state index in [4.69, 9.17) is 17.3 Å². The highest BCUT2D eigenvalue weighted by atomic mass is 35.5. The van der Waals surface area contributed by atoms with E-state index in [0.29, 0.717) is 0 Å². The lowest BCUT2D eigenvalue weighted by atomic mass is 10.2. The fourth-order valence-electron chi connectivity index (χ4n) is 1.47. The van der Waals surface area contributed by atoms with Gasteiger partial charge in [-0.1, -0.05) is 11.6 Å². The standard InChI is InChI=1S/C12H8ClF4N3/c13-7-2-1-6(14)3-9(7)20-10-4-11(12(15,16)17)19-5-8(10)18/h1-5H,18H2,(H,19,20). The maximum absolute atomic E-state index is 13.1. The van der Waals surface area contributed by atoms with Gasteiger partial charge in [0, 0.05) is 0 Å². The number of nitrogen functional groups attached to an aromatic ring is 1. The molecule has 1 heterocycles. The molecule has 0 aliphatic rings. The Morgan fingerprint density at radius 2 is 1.85 bits per heavy atom. The molecule has 8 heteroatoms. The highest BCUT2D eigenvalue weighted by molar-refractivity contribution is 6.33. The molecule has 1 aromatic carbocycles. The third-order valence-electron chi connectivity index (χ3n) is 2.42. The molecule has 2 rings (SSSR count). The third-order valence-corrected chi connectivity index (χ3v) is 2.75. The summed E-state index contributed by atoms with van der Waals surface area (Å²) >= 11 is 5.82. The smallest absolute Gasteiger partial charge is 0.396 e. The van der Waals surface area contributed by atoms with Crippen LogP contribution in [0.1, 0.15) is 5.69 Å². The highest BCUT2D eigenvalue weighted by Gasteiger charge is 2.33. The molecule has 1 aromatic heterocycles. The van der Waals surface area contributed by atoms with Crippen molar-refractivity contribution in [2.75, 3.05) is 11.1 Å². The van der Waals surface area contributed by atoms with Crippen molar-refractivity contribution in [2.24, 2.45) is 0 Å². The number of nitrogens with zero attached hydrogens (tertiary/aromatic N) is 1. The molecule has 0 aliphatic heterocycles. The van der Waals surface area contributed by atoms with Crippen molar-refractivity contribution >= 4 is 28.7 Å². The second-order valence-corrected chi connectivity index (χ2v) is 4.31. The lowest BCUT2D eigenvalue weighted by molar-refractivity contribution is -0.141. The topological polar surface area (TPSA) is 50.9 Å². The molecule has 0 aliphatic carbocycles. The maximum Gasteiger partial charge on any atom is 0.433 e. The molecule has 106 valence electrons. The predicted octanol–water partition coefficient (Wildman–Crippen LogP) is 4.22. The molecule has 20 heavy (non-hydrogen) atoms. The van der Waals surface area contributed by atoms with Gasteiger partial charge in [0.1, 0.15) is 11.5 Å². The van der Waals surface area contributed by atoms with E-state index in [0.717, 1.165) is 24.4 Å². The molecule has 3 nitrogen and oxygen atoms in total. The van der Waals surface area contributed by atoms with Crippen LogP contribution in [-0.4, -0.2) is 4.98 Å². The van der Waals surface area contributed by atoms with E-state index in [2.05, 4.69) is 10.3 Å². The van der Waals surface area contributed by atoms with Crippen LogP contribution in [0.25, 0.3) is 0 Å². The van der Waals surface area contributed by atoms with Gasteiger partial charge in [-0.05, 0) is 24.3 Å². The number of anilines is 3. The SMILES string of the molecule is Nc1cnc(C(F)(F)F)cc1Nc1cc(F)ccc1Cl. The maximum atomic E-state index is 13.1. The summed E-state index contributed by atoms with van der Waals surface area (Å²) in [5, 5.41) is 2.71. The minimum atomic E-state index is -4.60.